The number of ether oxygens (including phenoxy) is 1. The van der Waals surface area contributed by atoms with Gasteiger partial charge in [-0.3, -0.25) is 9.59 Å². The maximum atomic E-state index is 13.0. The van der Waals surface area contributed by atoms with Crippen LogP contribution in [0.3, 0.4) is 0 Å². The summed E-state index contributed by atoms with van der Waals surface area (Å²) in [5.41, 5.74) is 4.42. The highest BCUT2D eigenvalue weighted by Crippen LogP contribution is 2.43. The lowest BCUT2D eigenvalue weighted by Gasteiger charge is -2.33. The maximum absolute atomic E-state index is 13.0. The van der Waals surface area contributed by atoms with Crippen molar-refractivity contribution in [2.24, 2.45) is 0 Å². The average molecular weight is 346 g/mol. The fourth-order valence-electron chi connectivity index (χ4n) is 3.88. The highest BCUT2D eigenvalue weighted by atomic mass is 16.5. The summed E-state index contributed by atoms with van der Waals surface area (Å²) in [6.45, 7) is 5.91. The second-order valence-electron chi connectivity index (χ2n) is 7.40. The number of allylic oxidation sites excluding steroid dienone is 1. The van der Waals surface area contributed by atoms with Gasteiger partial charge in [0.15, 0.2) is 17.1 Å². The van der Waals surface area contributed by atoms with Crippen LogP contribution in [0.25, 0.3) is 11.1 Å². The van der Waals surface area contributed by atoms with Crippen LogP contribution in [-0.4, -0.2) is 17.2 Å². The van der Waals surface area contributed by atoms with E-state index in [1.165, 1.54) is 5.56 Å². The van der Waals surface area contributed by atoms with Crippen LogP contribution in [0.1, 0.15) is 42.9 Å². The van der Waals surface area contributed by atoms with E-state index in [4.69, 9.17) is 4.74 Å². The standard InChI is InChI=1S/C23H22O3/c1-4-15-13-17(16-7-5-14(2)6-8-16)9-10-18(15)20-21(24)19-11-12-23(3,26-19)22(20)25/h5-11,13,20H,4,12H2,1-3H3/t20?,23-/m1/s1. The SMILES string of the molecule is CCc1cc(-c2ccc(C)cc2)ccc1C1C(=O)C2=CC[C@@](C)(O2)C1=O. The van der Waals surface area contributed by atoms with Gasteiger partial charge in [0.1, 0.15) is 5.92 Å². The molecule has 0 spiro atoms. The van der Waals surface area contributed by atoms with E-state index < -0.39 is 11.5 Å². The molecule has 2 aliphatic rings. The van der Waals surface area contributed by atoms with Gasteiger partial charge in [-0.05, 0) is 48.6 Å². The lowest BCUT2D eigenvalue weighted by molar-refractivity contribution is -0.148. The van der Waals surface area contributed by atoms with Crippen LogP contribution in [0.5, 0.6) is 0 Å². The predicted octanol–water partition coefficient (Wildman–Crippen LogP) is 4.52. The van der Waals surface area contributed by atoms with Gasteiger partial charge in [0.25, 0.3) is 0 Å². The molecular weight excluding hydrogens is 324 g/mol. The summed E-state index contributed by atoms with van der Waals surface area (Å²) in [6.07, 6.45) is 3.00. The van der Waals surface area contributed by atoms with E-state index in [1.807, 2.05) is 12.1 Å². The minimum atomic E-state index is -0.894. The van der Waals surface area contributed by atoms with E-state index in [0.29, 0.717) is 12.2 Å². The number of ketones is 2. The maximum Gasteiger partial charge on any atom is 0.212 e. The van der Waals surface area contributed by atoms with Gasteiger partial charge in [-0.25, -0.2) is 0 Å². The van der Waals surface area contributed by atoms with E-state index in [0.717, 1.165) is 28.7 Å². The van der Waals surface area contributed by atoms with E-state index in [2.05, 4.69) is 44.2 Å². The Morgan fingerprint density at radius 3 is 2.46 bits per heavy atom. The van der Waals surface area contributed by atoms with Crippen molar-refractivity contribution >= 4 is 11.6 Å². The molecule has 132 valence electrons. The number of hydrogen-bond acceptors (Lipinski definition) is 3. The Bertz CT molecular complexity index is 936. The number of carbonyl (C=O) groups is 2. The number of Topliss-reactive ketones (excluding diaryl/α,β-unsaturated/α-hetero) is 2. The van der Waals surface area contributed by atoms with Crippen LogP contribution in [0, 0.1) is 6.92 Å². The average Bonchev–Trinajstić information content (AvgIpc) is 3.02. The predicted molar refractivity (Wildman–Crippen MR) is 101 cm³/mol. The summed E-state index contributed by atoms with van der Waals surface area (Å²) < 4.78 is 5.60. The van der Waals surface area contributed by atoms with Crippen molar-refractivity contribution in [2.75, 3.05) is 0 Å². The van der Waals surface area contributed by atoms with Crippen molar-refractivity contribution in [3.8, 4) is 11.1 Å². The number of aryl methyl sites for hydroxylation is 2. The molecule has 2 atom stereocenters. The van der Waals surface area contributed by atoms with Gasteiger partial charge >= 0.3 is 0 Å². The molecule has 3 heteroatoms. The molecule has 2 aromatic carbocycles. The molecule has 0 N–H and O–H groups in total. The monoisotopic (exact) mass is 346 g/mol. The van der Waals surface area contributed by atoms with Gasteiger partial charge < -0.3 is 4.74 Å². The molecule has 2 aromatic rings. The van der Waals surface area contributed by atoms with Gasteiger partial charge in [-0.15, -0.1) is 0 Å². The number of fused-ring (bicyclic) bond motifs is 2. The summed E-state index contributed by atoms with van der Waals surface area (Å²) in [7, 11) is 0. The molecule has 1 unspecified atom stereocenters. The molecule has 2 bridgehead atoms. The lowest BCUT2D eigenvalue weighted by Crippen LogP contribution is -2.46. The topological polar surface area (TPSA) is 43.4 Å². The smallest absolute Gasteiger partial charge is 0.212 e. The van der Waals surface area contributed by atoms with Crippen molar-refractivity contribution in [3.63, 3.8) is 0 Å². The van der Waals surface area contributed by atoms with Crippen molar-refractivity contribution in [1.29, 1.82) is 0 Å². The van der Waals surface area contributed by atoms with Crippen molar-refractivity contribution in [2.45, 2.75) is 45.1 Å². The van der Waals surface area contributed by atoms with E-state index >= 15 is 0 Å². The van der Waals surface area contributed by atoms with Crippen molar-refractivity contribution in [3.05, 3.63) is 71.0 Å². The molecule has 0 saturated carbocycles. The Morgan fingerprint density at radius 1 is 1.08 bits per heavy atom. The van der Waals surface area contributed by atoms with Crippen molar-refractivity contribution < 1.29 is 14.3 Å². The first-order valence-electron chi connectivity index (χ1n) is 9.10. The van der Waals surface area contributed by atoms with Gasteiger partial charge in [-0.2, -0.15) is 0 Å². The van der Waals surface area contributed by atoms with E-state index in [-0.39, 0.29) is 11.6 Å². The number of rotatable bonds is 3. The Morgan fingerprint density at radius 2 is 1.77 bits per heavy atom. The third-order valence-corrected chi connectivity index (χ3v) is 5.52. The molecular formula is C23H22O3. The zero-order valence-electron chi connectivity index (χ0n) is 15.3. The minimum absolute atomic E-state index is 0.127. The fraction of sp³-hybridized carbons (Fsp3) is 0.304. The summed E-state index contributed by atoms with van der Waals surface area (Å²) in [5.74, 6) is -0.730. The second kappa shape index (κ2) is 5.94. The van der Waals surface area contributed by atoms with Crippen LogP contribution >= 0.6 is 0 Å². The van der Waals surface area contributed by atoms with E-state index in [1.54, 1.807) is 13.0 Å². The van der Waals surface area contributed by atoms with Gasteiger partial charge in [-0.1, -0.05) is 55.0 Å². The molecule has 1 saturated heterocycles. The molecule has 0 aromatic heterocycles. The highest BCUT2D eigenvalue weighted by molar-refractivity contribution is 6.19. The van der Waals surface area contributed by atoms with Crippen LogP contribution < -0.4 is 0 Å². The first kappa shape index (κ1) is 16.8. The van der Waals surface area contributed by atoms with Crippen LogP contribution in [0.4, 0.5) is 0 Å². The molecule has 26 heavy (non-hydrogen) atoms. The fourth-order valence-corrected chi connectivity index (χ4v) is 3.88. The van der Waals surface area contributed by atoms with Gasteiger partial charge in [0.05, 0.1) is 0 Å². The van der Waals surface area contributed by atoms with Crippen LogP contribution in [-0.2, 0) is 20.7 Å². The first-order valence-corrected chi connectivity index (χ1v) is 9.10. The molecule has 4 rings (SSSR count). The molecule has 0 radical (unpaired) electrons. The van der Waals surface area contributed by atoms with Crippen molar-refractivity contribution in [1.82, 2.24) is 0 Å². The zero-order chi connectivity index (χ0) is 18.5. The minimum Gasteiger partial charge on any atom is -0.476 e. The molecule has 2 aliphatic heterocycles. The summed E-state index contributed by atoms with van der Waals surface area (Å²) in [5, 5.41) is 0. The summed E-state index contributed by atoms with van der Waals surface area (Å²) >= 11 is 0. The van der Waals surface area contributed by atoms with Gasteiger partial charge in [0, 0.05) is 6.42 Å². The number of carbonyl (C=O) groups excluding carboxylic acids is 2. The normalized spacial score (nSPS) is 24.4. The molecule has 0 aliphatic carbocycles. The third kappa shape index (κ3) is 2.50. The Balaban J connectivity index is 1.77. The van der Waals surface area contributed by atoms with Gasteiger partial charge in [0.2, 0.25) is 5.78 Å². The van der Waals surface area contributed by atoms with Crippen LogP contribution in [0.15, 0.2) is 54.3 Å². The number of hydrogen-bond donors (Lipinski definition) is 0. The van der Waals surface area contributed by atoms with E-state index in [9.17, 15) is 9.59 Å². The number of benzene rings is 2. The zero-order valence-corrected chi connectivity index (χ0v) is 15.3. The Kier molecular flexibility index (Phi) is 3.83. The highest BCUT2D eigenvalue weighted by Gasteiger charge is 2.53. The molecule has 1 fully saturated rings. The molecule has 2 heterocycles. The third-order valence-electron chi connectivity index (χ3n) is 5.52. The quantitative estimate of drug-likeness (QED) is 0.767. The summed E-state index contributed by atoms with van der Waals surface area (Å²) in [6, 6.07) is 14.4. The lowest BCUT2D eigenvalue weighted by atomic mass is 9.78. The Hall–Kier alpha value is -2.68. The Labute approximate surface area is 153 Å². The molecule has 0 amide bonds. The molecule has 3 nitrogen and oxygen atoms in total. The first-order chi connectivity index (χ1) is 12.4. The second-order valence-corrected chi connectivity index (χ2v) is 7.40. The summed E-state index contributed by atoms with van der Waals surface area (Å²) in [4.78, 5) is 25.8. The largest absolute Gasteiger partial charge is 0.476 e. The van der Waals surface area contributed by atoms with Crippen LogP contribution in [0.2, 0.25) is 0 Å².